The van der Waals surface area contributed by atoms with E-state index >= 15 is 0 Å². The van der Waals surface area contributed by atoms with Crippen LogP contribution >= 0.6 is 23.2 Å². The van der Waals surface area contributed by atoms with Crippen molar-refractivity contribution in [3.05, 3.63) is 28.2 Å². The quantitative estimate of drug-likeness (QED) is 0.901. The van der Waals surface area contributed by atoms with Crippen LogP contribution < -0.4 is 11.1 Å². The lowest BCUT2D eigenvalue weighted by Gasteiger charge is -2.04. The number of nitrogens with zero attached hydrogens (tertiary/aromatic N) is 3. The molecule has 90 valence electrons. The minimum Gasteiger partial charge on any atom is -0.368 e. The SMILES string of the molecule is CCNc1nc(N)n(-c2ccc(Cl)cc2Cl)n1. The molecule has 1 heterocycles. The molecule has 2 rings (SSSR count). The molecule has 7 heteroatoms. The molecule has 2 aromatic rings. The van der Waals surface area contributed by atoms with Gasteiger partial charge in [-0.15, -0.1) is 5.10 Å². The molecule has 0 bridgehead atoms. The van der Waals surface area contributed by atoms with Gasteiger partial charge < -0.3 is 11.1 Å². The molecule has 0 saturated carbocycles. The van der Waals surface area contributed by atoms with Gasteiger partial charge in [-0.05, 0) is 25.1 Å². The fraction of sp³-hybridized carbons (Fsp3) is 0.200. The molecule has 0 amide bonds. The number of hydrogen-bond donors (Lipinski definition) is 2. The first kappa shape index (κ1) is 12.0. The van der Waals surface area contributed by atoms with E-state index in [-0.39, 0.29) is 5.95 Å². The standard InChI is InChI=1S/C10H11Cl2N5/c1-2-14-10-15-9(13)17(16-10)8-4-3-6(11)5-7(8)12/h3-5H,2H2,1H3,(H3,13,14,15,16). The number of aromatic nitrogens is 3. The number of nitrogens with two attached hydrogens (primary N) is 1. The van der Waals surface area contributed by atoms with Crippen molar-refractivity contribution < 1.29 is 0 Å². The van der Waals surface area contributed by atoms with E-state index in [1.807, 2.05) is 6.92 Å². The number of rotatable bonds is 3. The number of anilines is 2. The van der Waals surface area contributed by atoms with Crippen LogP contribution in [0.15, 0.2) is 18.2 Å². The molecule has 0 fully saturated rings. The zero-order chi connectivity index (χ0) is 12.4. The summed E-state index contributed by atoms with van der Waals surface area (Å²) in [4.78, 5) is 4.07. The Morgan fingerprint density at radius 2 is 2.18 bits per heavy atom. The zero-order valence-corrected chi connectivity index (χ0v) is 10.6. The van der Waals surface area contributed by atoms with Crippen LogP contribution in [0.1, 0.15) is 6.92 Å². The second-order valence-electron chi connectivity index (χ2n) is 3.33. The molecule has 0 aliphatic heterocycles. The normalized spacial score (nSPS) is 10.5. The maximum Gasteiger partial charge on any atom is 0.244 e. The number of hydrogen-bond acceptors (Lipinski definition) is 4. The van der Waals surface area contributed by atoms with Crippen LogP contribution in [0.5, 0.6) is 0 Å². The molecule has 0 saturated heterocycles. The highest BCUT2D eigenvalue weighted by atomic mass is 35.5. The topological polar surface area (TPSA) is 68.8 Å². The Kier molecular flexibility index (Phi) is 3.40. The van der Waals surface area contributed by atoms with Crippen LogP contribution in [0.3, 0.4) is 0 Å². The predicted molar refractivity (Wildman–Crippen MR) is 70.0 cm³/mol. The largest absolute Gasteiger partial charge is 0.368 e. The van der Waals surface area contributed by atoms with Crippen LogP contribution in [-0.4, -0.2) is 21.3 Å². The van der Waals surface area contributed by atoms with Crippen LogP contribution in [0.2, 0.25) is 10.0 Å². The molecule has 0 unspecified atom stereocenters. The molecule has 3 N–H and O–H groups in total. The minimum atomic E-state index is 0.269. The molecule has 0 aliphatic carbocycles. The molecular weight excluding hydrogens is 261 g/mol. The summed E-state index contributed by atoms with van der Waals surface area (Å²) in [6, 6.07) is 5.09. The monoisotopic (exact) mass is 271 g/mol. The van der Waals surface area contributed by atoms with Gasteiger partial charge in [0.2, 0.25) is 11.9 Å². The van der Waals surface area contributed by atoms with Crippen LogP contribution in [0.4, 0.5) is 11.9 Å². The van der Waals surface area contributed by atoms with Crippen molar-refractivity contribution in [1.29, 1.82) is 0 Å². The van der Waals surface area contributed by atoms with E-state index in [9.17, 15) is 0 Å². The number of nitrogen functional groups attached to an aromatic ring is 1. The van der Waals surface area contributed by atoms with E-state index in [1.165, 1.54) is 4.68 Å². The first-order valence-electron chi connectivity index (χ1n) is 5.03. The van der Waals surface area contributed by atoms with Crippen molar-refractivity contribution in [3.8, 4) is 5.69 Å². The Hall–Kier alpha value is -1.46. The Balaban J connectivity index is 2.45. The summed E-state index contributed by atoms with van der Waals surface area (Å²) >= 11 is 11.9. The van der Waals surface area contributed by atoms with Gasteiger partial charge in [0.05, 0.1) is 10.7 Å². The highest BCUT2D eigenvalue weighted by molar-refractivity contribution is 6.35. The lowest BCUT2D eigenvalue weighted by molar-refractivity contribution is 0.889. The number of nitrogens with one attached hydrogen (secondary N) is 1. The molecular formula is C10H11Cl2N5. The Labute approximate surface area is 109 Å². The zero-order valence-electron chi connectivity index (χ0n) is 9.11. The van der Waals surface area contributed by atoms with Crippen molar-refractivity contribution in [2.45, 2.75) is 6.92 Å². The van der Waals surface area contributed by atoms with Gasteiger partial charge in [0, 0.05) is 11.6 Å². The fourth-order valence-corrected chi connectivity index (χ4v) is 1.88. The van der Waals surface area contributed by atoms with E-state index in [1.54, 1.807) is 18.2 Å². The van der Waals surface area contributed by atoms with Gasteiger partial charge in [0.25, 0.3) is 0 Å². The molecule has 1 aromatic heterocycles. The van der Waals surface area contributed by atoms with E-state index in [4.69, 9.17) is 28.9 Å². The predicted octanol–water partition coefficient (Wildman–Crippen LogP) is 2.59. The Bertz CT molecular complexity index is 537. The number of benzene rings is 1. The van der Waals surface area contributed by atoms with E-state index < -0.39 is 0 Å². The minimum absolute atomic E-state index is 0.269. The molecule has 0 aliphatic rings. The summed E-state index contributed by atoms with van der Waals surface area (Å²) in [6.07, 6.45) is 0. The summed E-state index contributed by atoms with van der Waals surface area (Å²) in [5, 5.41) is 8.21. The van der Waals surface area contributed by atoms with Crippen molar-refractivity contribution in [2.75, 3.05) is 17.6 Å². The van der Waals surface area contributed by atoms with Gasteiger partial charge in [0.15, 0.2) is 0 Å². The van der Waals surface area contributed by atoms with Crippen LogP contribution in [0.25, 0.3) is 5.69 Å². The second-order valence-corrected chi connectivity index (χ2v) is 4.18. The first-order chi connectivity index (χ1) is 8.11. The van der Waals surface area contributed by atoms with Crippen molar-refractivity contribution in [2.24, 2.45) is 0 Å². The highest BCUT2D eigenvalue weighted by Gasteiger charge is 2.11. The van der Waals surface area contributed by atoms with Gasteiger partial charge in [-0.2, -0.15) is 9.67 Å². The smallest absolute Gasteiger partial charge is 0.244 e. The third-order valence-electron chi connectivity index (χ3n) is 2.10. The first-order valence-corrected chi connectivity index (χ1v) is 5.79. The van der Waals surface area contributed by atoms with Gasteiger partial charge in [-0.3, -0.25) is 0 Å². The number of halogens is 2. The molecule has 17 heavy (non-hydrogen) atoms. The lowest BCUT2D eigenvalue weighted by Crippen LogP contribution is -2.03. The van der Waals surface area contributed by atoms with Gasteiger partial charge >= 0.3 is 0 Å². The van der Waals surface area contributed by atoms with Crippen LogP contribution in [0, 0.1) is 0 Å². The van der Waals surface area contributed by atoms with Crippen LogP contribution in [-0.2, 0) is 0 Å². The van der Waals surface area contributed by atoms with Crippen molar-refractivity contribution >= 4 is 35.1 Å². The molecule has 0 radical (unpaired) electrons. The Morgan fingerprint density at radius 3 is 2.82 bits per heavy atom. The van der Waals surface area contributed by atoms with E-state index in [0.29, 0.717) is 21.7 Å². The lowest BCUT2D eigenvalue weighted by atomic mass is 10.3. The maximum absolute atomic E-state index is 6.07. The van der Waals surface area contributed by atoms with E-state index in [0.717, 1.165) is 6.54 Å². The molecule has 0 atom stereocenters. The Morgan fingerprint density at radius 1 is 1.41 bits per heavy atom. The molecule has 0 spiro atoms. The summed E-state index contributed by atoms with van der Waals surface area (Å²) in [7, 11) is 0. The summed E-state index contributed by atoms with van der Waals surface area (Å²) in [5.41, 5.74) is 6.41. The van der Waals surface area contributed by atoms with E-state index in [2.05, 4.69) is 15.4 Å². The van der Waals surface area contributed by atoms with Gasteiger partial charge in [-0.25, -0.2) is 0 Å². The van der Waals surface area contributed by atoms with Crippen molar-refractivity contribution in [1.82, 2.24) is 14.8 Å². The summed E-state index contributed by atoms with van der Waals surface area (Å²) < 4.78 is 1.47. The third-order valence-corrected chi connectivity index (χ3v) is 2.64. The third kappa shape index (κ3) is 2.45. The summed E-state index contributed by atoms with van der Waals surface area (Å²) in [5.74, 6) is 0.737. The molecule has 5 nitrogen and oxygen atoms in total. The average molecular weight is 272 g/mol. The van der Waals surface area contributed by atoms with Gasteiger partial charge in [-0.1, -0.05) is 23.2 Å². The summed E-state index contributed by atoms with van der Waals surface area (Å²) in [6.45, 7) is 2.67. The maximum atomic E-state index is 6.07. The highest BCUT2D eigenvalue weighted by Crippen LogP contribution is 2.25. The fourth-order valence-electron chi connectivity index (χ4n) is 1.39. The van der Waals surface area contributed by atoms with Gasteiger partial charge in [0.1, 0.15) is 0 Å². The second kappa shape index (κ2) is 4.81. The molecule has 1 aromatic carbocycles. The average Bonchev–Trinajstić information content (AvgIpc) is 2.60. The van der Waals surface area contributed by atoms with Crippen molar-refractivity contribution in [3.63, 3.8) is 0 Å².